The summed E-state index contributed by atoms with van der Waals surface area (Å²) in [6, 6.07) is 5.74. The summed E-state index contributed by atoms with van der Waals surface area (Å²) in [5.41, 5.74) is 1.31. The molecule has 2 rings (SSSR count). The number of guanidine groups is 1. The highest BCUT2D eigenvalue weighted by molar-refractivity contribution is 14.0. The van der Waals surface area contributed by atoms with E-state index in [1.807, 2.05) is 13.0 Å². The average Bonchev–Trinajstić information content (AvgIpc) is 3.28. The fourth-order valence-electron chi connectivity index (χ4n) is 2.07. The van der Waals surface area contributed by atoms with E-state index in [-0.39, 0.29) is 36.4 Å². The van der Waals surface area contributed by atoms with Crippen LogP contribution in [0.2, 0.25) is 0 Å². The first-order valence-electron chi connectivity index (χ1n) is 8.02. The number of aliphatic imine (C=N–C) groups is 1. The van der Waals surface area contributed by atoms with Crippen LogP contribution in [-0.2, 0) is 11.3 Å². The minimum Gasteiger partial charge on any atom is -0.467 e. The van der Waals surface area contributed by atoms with Crippen LogP contribution in [0, 0.1) is 0 Å². The Kier molecular flexibility index (Phi) is 10.2. The normalized spacial score (nSPS) is 12.2. The highest BCUT2D eigenvalue weighted by atomic mass is 127. The predicted molar refractivity (Wildman–Crippen MR) is 113 cm³/mol. The van der Waals surface area contributed by atoms with Crippen LogP contribution in [0.5, 0.6) is 0 Å². The maximum atomic E-state index is 11.9. The van der Waals surface area contributed by atoms with E-state index in [9.17, 15) is 4.79 Å². The molecule has 0 aliphatic carbocycles. The SMILES string of the molecule is CCNC(=NCC(=O)NCc1ccco1)NCC(C)c1ccsc1.I. The summed E-state index contributed by atoms with van der Waals surface area (Å²) in [4.78, 5) is 16.2. The van der Waals surface area contributed by atoms with Gasteiger partial charge in [-0.2, -0.15) is 11.3 Å². The molecule has 1 atom stereocenters. The molecule has 0 saturated heterocycles. The van der Waals surface area contributed by atoms with Gasteiger partial charge in [0.15, 0.2) is 5.96 Å². The molecule has 25 heavy (non-hydrogen) atoms. The van der Waals surface area contributed by atoms with E-state index in [2.05, 4.69) is 44.7 Å². The number of nitrogens with one attached hydrogen (secondary N) is 3. The van der Waals surface area contributed by atoms with Crippen molar-refractivity contribution in [1.29, 1.82) is 0 Å². The third-order valence-corrected chi connectivity index (χ3v) is 4.15. The largest absolute Gasteiger partial charge is 0.467 e. The van der Waals surface area contributed by atoms with Gasteiger partial charge in [-0.3, -0.25) is 4.79 Å². The van der Waals surface area contributed by atoms with Gasteiger partial charge in [0.25, 0.3) is 0 Å². The Labute approximate surface area is 169 Å². The van der Waals surface area contributed by atoms with Crippen molar-refractivity contribution in [3.63, 3.8) is 0 Å². The fourth-order valence-corrected chi connectivity index (χ4v) is 2.85. The molecule has 2 aromatic rings. The fraction of sp³-hybridized carbons (Fsp3) is 0.412. The zero-order valence-electron chi connectivity index (χ0n) is 14.5. The first kappa shape index (κ1) is 21.5. The number of hydrogen-bond acceptors (Lipinski definition) is 4. The molecule has 0 aliphatic rings. The van der Waals surface area contributed by atoms with Gasteiger partial charge < -0.3 is 20.4 Å². The van der Waals surface area contributed by atoms with Gasteiger partial charge >= 0.3 is 0 Å². The van der Waals surface area contributed by atoms with Crippen molar-refractivity contribution in [3.8, 4) is 0 Å². The first-order chi connectivity index (χ1) is 11.7. The van der Waals surface area contributed by atoms with Crippen LogP contribution >= 0.6 is 35.3 Å². The van der Waals surface area contributed by atoms with Crippen LogP contribution in [-0.4, -0.2) is 31.5 Å². The third-order valence-electron chi connectivity index (χ3n) is 3.45. The zero-order valence-corrected chi connectivity index (χ0v) is 17.6. The van der Waals surface area contributed by atoms with Gasteiger partial charge in [0, 0.05) is 13.1 Å². The van der Waals surface area contributed by atoms with Crippen molar-refractivity contribution < 1.29 is 9.21 Å². The van der Waals surface area contributed by atoms with Crippen LogP contribution < -0.4 is 16.0 Å². The summed E-state index contributed by atoms with van der Waals surface area (Å²) < 4.78 is 5.17. The minimum atomic E-state index is -0.144. The van der Waals surface area contributed by atoms with Gasteiger partial charge in [-0.1, -0.05) is 6.92 Å². The van der Waals surface area contributed by atoms with Gasteiger partial charge in [0.05, 0.1) is 12.8 Å². The van der Waals surface area contributed by atoms with Crippen molar-refractivity contribution in [2.24, 2.45) is 4.99 Å². The van der Waals surface area contributed by atoms with Crippen molar-refractivity contribution in [2.75, 3.05) is 19.6 Å². The van der Waals surface area contributed by atoms with Crippen LogP contribution in [0.25, 0.3) is 0 Å². The van der Waals surface area contributed by atoms with Crippen molar-refractivity contribution in [3.05, 3.63) is 46.5 Å². The molecule has 0 spiro atoms. The Bertz CT molecular complexity index is 629. The smallest absolute Gasteiger partial charge is 0.242 e. The van der Waals surface area contributed by atoms with E-state index in [0.717, 1.165) is 18.8 Å². The van der Waals surface area contributed by atoms with Gasteiger partial charge in [0.2, 0.25) is 5.91 Å². The lowest BCUT2D eigenvalue weighted by Gasteiger charge is -2.15. The van der Waals surface area contributed by atoms with E-state index >= 15 is 0 Å². The number of furan rings is 1. The zero-order chi connectivity index (χ0) is 17.2. The molecule has 138 valence electrons. The molecule has 0 saturated carbocycles. The molecule has 0 fully saturated rings. The third kappa shape index (κ3) is 7.91. The predicted octanol–water partition coefficient (Wildman–Crippen LogP) is 2.93. The second kappa shape index (κ2) is 11.9. The number of carbonyl (C=O) groups excluding carboxylic acids is 1. The standard InChI is InChI=1S/C17H24N4O2S.HI/c1-3-18-17(20-9-13(2)14-6-8-24-12-14)21-11-16(22)19-10-15-5-4-7-23-15;/h4-8,12-13H,3,9-11H2,1-2H3,(H,19,22)(H2,18,20,21);1H. The van der Waals surface area contributed by atoms with Gasteiger partial charge in [-0.15, -0.1) is 24.0 Å². The molecule has 3 N–H and O–H groups in total. The van der Waals surface area contributed by atoms with E-state index in [1.54, 1.807) is 23.7 Å². The Morgan fingerprint density at radius 2 is 2.16 bits per heavy atom. The molecule has 2 aromatic heterocycles. The number of rotatable bonds is 8. The van der Waals surface area contributed by atoms with E-state index in [1.165, 1.54) is 5.56 Å². The molecule has 0 aromatic carbocycles. The van der Waals surface area contributed by atoms with Crippen LogP contribution in [0.3, 0.4) is 0 Å². The van der Waals surface area contributed by atoms with E-state index in [4.69, 9.17) is 4.42 Å². The van der Waals surface area contributed by atoms with Crippen LogP contribution in [0.1, 0.15) is 31.1 Å². The maximum absolute atomic E-state index is 11.9. The molecule has 0 aliphatic heterocycles. The summed E-state index contributed by atoms with van der Waals surface area (Å²) in [6.07, 6.45) is 1.58. The van der Waals surface area contributed by atoms with Crippen molar-refractivity contribution in [2.45, 2.75) is 26.3 Å². The molecule has 1 unspecified atom stereocenters. The van der Waals surface area contributed by atoms with Gasteiger partial charge in [-0.25, -0.2) is 4.99 Å². The van der Waals surface area contributed by atoms with Gasteiger partial charge in [0.1, 0.15) is 12.3 Å². The monoisotopic (exact) mass is 476 g/mol. The minimum absolute atomic E-state index is 0. The summed E-state index contributed by atoms with van der Waals surface area (Å²) in [5.74, 6) is 1.61. The van der Waals surface area contributed by atoms with Crippen molar-refractivity contribution >= 4 is 47.2 Å². The Balaban J connectivity index is 0.00000312. The number of carbonyl (C=O) groups is 1. The quantitative estimate of drug-likeness (QED) is 0.311. The lowest BCUT2D eigenvalue weighted by Crippen LogP contribution is -2.40. The molecular formula is C17H25IN4O2S. The van der Waals surface area contributed by atoms with E-state index < -0.39 is 0 Å². The molecule has 0 radical (unpaired) electrons. The number of halogens is 1. The van der Waals surface area contributed by atoms with Gasteiger partial charge in [-0.05, 0) is 47.4 Å². The van der Waals surface area contributed by atoms with Crippen LogP contribution in [0.4, 0.5) is 0 Å². The summed E-state index contributed by atoms with van der Waals surface area (Å²) in [7, 11) is 0. The van der Waals surface area contributed by atoms with Crippen molar-refractivity contribution in [1.82, 2.24) is 16.0 Å². The molecule has 1 amide bonds. The number of thiophene rings is 1. The Morgan fingerprint density at radius 3 is 2.80 bits per heavy atom. The number of amides is 1. The summed E-state index contributed by atoms with van der Waals surface area (Å²) >= 11 is 1.70. The topological polar surface area (TPSA) is 78.7 Å². The molecule has 2 heterocycles. The van der Waals surface area contributed by atoms with E-state index in [0.29, 0.717) is 18.4 Å². The number of hydrogen-bond donors (Lipinski definition) is 3. The van der Waals surface area contributed by atoms with Crippen LogP contribution in [0.15, 0.2) is 44.6 Å². The second-order valence-corrected chi connectivity index (χ2v) is 6.17. The summed E-state index contributed by atoms with van der Waals surface area (Å²) in [5, 5.41) is 13.4. The second-order valence-electron chi connectivity index (χ2n) is 5.39. The average molecular weight is 476 g/mol. The Hall–Kier alpha value is -1.55. The highest BCUT2D eigenvalue weighted by Gasteiger charge is 2.08. The maximum Gasteiger partial charge on any atom is 0.242 e. The highest BCUT2D eigenvalue weighted by Crippen LogP contribution is 2.16. The first-order valence-corrected chi connectivity index (χ1v) is 8.96. The summed E-state index contributed by atoms with van der Waals surface area (Å²) in [6.45, 7) is 6.11. The lowest BCUT2D eigenvalue weighted by atomic mass is 10.1. The molecule has 0 bridgehead atoms. The molecular weight excluding hydrogens is 451 g/mol. The molecule has 8 heteroatoms. The lowest BCUT2D eigenvalue weighted by molar-refractivity contribution is -0.119. The Morgan fingerprint density at radius 1 is 1.32 bits per heavy atom. The molecule has 6 nitrogen and oxygen atoms in total. The number of nitrogens with zero attached hydrogens (tertiary/aromatic N) is 1.